The first-order valence-corrected chi connectivity index (χ1v) is 10.5. The van der Waals surface area contributed by atoms with Crippen LogP contribution in [-0.2, 0) is 9.59 Å². The molecule has 1 aromatic rings. The summed E-state index contributed by atoms with van der Waals surface area (Å²) in [7, 11) is 0. The van der Waals surface area contributed by atoms with Gasteiger partial charge in [-0.15, -0.1) is 0 Å². The highest BCUT2D eigenvalue weighted by Crippen LogP contribution is 2.22. The van der Waals surface area contributed by atoms with Gasteiger partial charge in [0, 0.05) is 50.7 Å². The predicted octanol–water partition coefficient (Wildman–Crippen LogP) is 2.51. The third-order valence-corrected chi connectivity index (χ3v) is 5.76. The second-order valence-corrected chi connectivity index (χ2v) is 8.29. The number of hydrogen-bond acceptors (Lipinski definition) is 4. The molecule has 0 N–H and O–H groups in total. The number of carbonyl (C=O) groups is 2. The first-order chi connectivity index (χ1) is 13.5. The topological polar surface area (TPSA) is 53.1 Å². The van der Waals surface area contributed by atoms with Crippen molar-refractivity contribution in [1.82, 2.24) is 14.7 Å². The highest BCUT2D eigenvalue weighted by atomic mass is 35.5. The minimum absolute atomic E-state index is 0.0994. The van der Waals surface area contributed by atoms with Crippen LogP contribution in [-0.4, -0.2) is 78.4 Å². The average Bonchev–Trinajstić information content (AvgIpc) is 3.09. The second-order valence-electron chi connectivity index (χ2n) is 7.85. The van der Waals surface area contributed by atoms with Crippen LogP contribution in [0.25, 0.3) is 0 Å². The van der Waals surface area contributed by atoms with Crippen molar-refractivity contribution in [3.63, 3.8) is 0 Å². The van der Waals surface area contributed by atoms with Crippen molar-refractivity contribution < 1.29 is 14.3 Å². The first kappa shape index (κ1) is 20.9. The summed E-state index contributed by atoms with van der Waals surface area (Å²) in [5, 5.41) is 0.698. The number of nitrogens with zero attached hydrogens (tertiary/aromatic N) is 3. The Balaban J connectivity index is 1.45. The third kappa shape index (κ3) is 5.17. The fourth-order valence-electron chi connectivity index (χ4n) is 3.94. The molecule has 2 amide bonds. The Morgan fingerprint density at radius 1 is 1.11 bits per heavy atom. The summed E-state index contributed by atoms with van der Waals surface area (Å²) in [4.78, 5) is 31.2. The summed E-state index contributed by atoms with van der Waals surface area (Å²) in [6.07, 6.45) is 1.43. The normalized spacial score (nSPS) is 19.4. The Morgan fingerprint density at radius 3 is 2.36 bits per heavy atom. The zero-order valence-corrected chi connectivity index (χ0v) is 17.5. The highest BCUT2D eigenvalue weighted by Gasteiger charge is 2.37. The van der Waals surface area contributed by atoms with Gasteiger partial charge in [-0.25, -0.2) is 0 Å². The SMILES string of the molecule is CC(C)C(C(=O)N1CCN(CCOc2ccc(Cl)cc2)CC1)N1CCCC1=O. The molecular formula is C21H30ClN3O3. The quantitative estimate of drug-likeness (QED) is 0.697. The number of hydrogen-bond donors (Lipinski definition) is 0. The fraction of sp³-hybridized carbons (Fsp3) is 0.619. The lowest BCUT2D eigenvalue weighted by Gasteiger charge is -2.39. The van der Waals surface area contributed by atoms with Gasteiger partial charge in [0.15, 0.2) is 0 Å². The van der Waals surface area contributed by atoms with E-state index in [1.807, 2.05) is 43.0 Å². The molecule has 2 saturated heterocycles. The molecule has 0 radical (unpaired) electrons. The number of rotatable bonds is 7. The smallest absolute Gasteiger partial charge is 0.245 e. The summed E-state index contributed by atoms with van der Waals surface area (Å²) in [6.45, 7) is 9.24. The van der Waals surface area contributed by atoms with Crippen LogP contribution < -0.4 is 4.74 Å². The van der Waals surface area contributed by atoms with E-state index in [0.717, 1.165) is 31.8 Å². The van der Waals surface area contributed by atoms with E-state index < -0.39 is 0 Å². The number of ether oxygens (including phenoxy) is 1. The van der Waals surface area contributed by atoms with Gasteiger partial charge in [0.25, 0.3) is 0 Å². The van der Waals surface area contributed by atoms with Crippen LogP contribution >= 0.6 is 11.6 Å². The van der Waals surface area contributed by atoms with Gasteiger partial charge < -0.3 is 14.5 Å². The lowest BCUT2D eigenvalue weighted by atomic mass is 10.0. The number of likely N-dealkylation sites (tertiary alicyclic amines) is 1. The summed E-state index contributed by atoms with van der Waals surface area (Å²) in [5.41, 5.74) is 0. The summed E-state index contributed by atoms with van der Waals surface area (Å²) >= 11 is 5.88. The first-order valence-electron chi connectivity index (χ1n) is 10.1. The van der Waals surface area contributed by atoms with Crippen LogP contribution in [0.4, 0.5) is 0 Å². The predicted molar refractivity (Wildman–Crippen MR) is 110 cm³/mol. The molecule has 0 spiro atoms. The van der Waals surface area contributed by atoms with Crippen molar-refractivity contribution in [3.05, 3.63) is 29.3 Å². The largest absolute Gasteiger partial charge is 0.492 e. The number of benzene rings is 1. The Morgan fingerprint density at radius 2 is 1.79 bits per heavy atom. The van der Waals surface area contributed by atoms with Crippen molar-refractivity contribution >= 4 is 23.4 Å². The van der Waals surface area contributed by atoms with E-state index in [1.165, 1.54) is 0 Å². The molecular weight excluding hydrogens is 378 g/mol. The monoisotopic (exact) mass is 407 g/mol. The number of piperazine rings is 1. The Hall–Kier alpha value is -1.79. The third-order valence-electron chi connectivity index (χ3n) is 5.50. The van der Waals surface area contributed by atoms with E-state index in [9.17, 15) is 9.59 Å². The van der Waals surface area contributed by atoms with Gasteiger partial charge in [-0.2, -0.15) is 0 Å². The maximum atomic E-state index is 13.1. The van der Waals surface area contributed by atoms with Crippen molar-refractivity contribution in [3.8, 4) is 5.75 Å². The van der Waals surface area contributed by atoms with E-state index >= 15 is 0 Å². The Kier molecular flexibility index (Phi) is 7.18. The molecule has 1 aromatic carbocycles. The summed E-state index contributed by atoms with van der Waals surface area (Å²) < 4.78 is 5.76. The van der Waals surface area contributed by atoms with Crippen LogP contribution in [0.3, 0.4) is 0 Å². The Labute approximate surface area is 172 Å². The van der Waals surface area contributed by atoms with Crippen molar-refractivity contribution in [2.24, 2.45) is 5.92 Å². The van der Waals surface area contributed by atoms with Crippen LogP contribution in [0.1, 0.15) is 26.7 Å². The molecule has 0 aliphatic carbocycles. The molecule has 1 unspecified atom stereocenters. The van der Waals surface area contributed by atoms with Gasteiger partial charge >= 0.3 is 0 Å². The molecule has 2 aliphatic rings. The maximum absolute atomic E-state index is 13.1. The van der Waals surface area contributed by atoms with E-state index in [4.69, 9.17) is 16.3 Å². The molecule has 3 rings (SSSR count). The van der Waals surface area contributed by atoms with Crippen molar-refractivity contribution in [1.29, 1.82) is 0 Å². The van der Waals surface area contributed by atoms with Gasteiger partial charge in [-0.05, 0) is 36.6 Å². The van der Waals surface area contributed by atoms with Gasteiger partial charge in [0.05, 0.1) is 0 Å². The highest BCUT2D eigenvalue weighted by molar-refractivity contribution is 6.30. The van der Waals surface area contributed by atoms with Crippen molar-refractivity contribution in [2.45, 2.75) is 32.7 Å². The minimum Gasteiger partial charge on any atom is -0.492 e. The lowest BCUT2D eigenvalue weighted by molar-refractivity contribution is -0.146. The zero-order chi connectivity index (χ0) is 20.1. The van der Waals surface area contributed by atoms with Crippen LogP contribution in [0.5, 0.6) is 5.75 Å². The molecule has 0 aromatic heterocycles. The summed E-state index contributed by atoms with van der Waals surface area (Å²) in [6, 6.07) is 7.04. The Bertz CT molecular complexity index is 672. The molecule has 28 heavy (non-hydrogen) atoms. The fourth-order valence-corrected chi connectivity index (χ4v) is 4.07. The van der Waals surface area contributed by atoms with Gasteiger partial charge in [0.2, 0.25) is 11.8 Å². The molecule has 154 valence electrons. The van der Waals surface area contributed by atoms with Crippen LogP contribution in [0, 0.1) is 5.92 Å². The van der Waals surface area contributed by atoms with Crippen molar-refractivity contribution in [2.75, 3.05) is 45.9 Å². The molecule has 2 heterocycles. The van der Waals surface area contributed by atoms with E-state index in [-0.39, 0.29) is 23.8 Å². The van der Waals surface area contributed by atoms with Gasteiger partial charge in [-0.3, -0.25) is 14.5 Å². The zero-order valence-electron chi connectivity index (χ0n) is 16.8. The number of carbonyl (C=O) groups excluding carboxylic acids is 2. The minimum atomic E-state index is -0.324. The van der Waals surface area contributed by atoms with E-state index in [1.54, 1.807) is 4.90 Å². The number of amides is 2. The van der Waals surface area contributed by atoms with Crippen LogP contribution in [0.2, 0.25) is 5.02 Å². The van der Waals surface area contributed by atoms with E-state index in [0.29, 0.717) is 37.7 Å². The molecule has 7 heteroatoms. The lowest BCUT2D eigenvalue weighted by Crippen LogP contribution is -2.57. The molecule has 0 bridgehead atoms. The van der Waals surface area contributed by atoms with Gasteiger partial charge in [0.1, 0.15) is 18.4 Å². The maximum Gasteiger partial charge on any atom is 0.245 e. The molecule has 2 aliphatic heterocycles. The summed E-state index contributed by atoms with van der Waals surface area (Å²) in [5.74, 6) is 1.15. The average molecular weight is 408 g/mol. The van der Waals surface area contributed by atoms with Crippen LogP contribution in [0.15, 0.2) is 24.3 Å². The molecule has 1 atom stereocenters. The number of halogens is 1. The second kappa shape index (κ2) is 9.61. The molecule has 0 saturated carbocycles. The standard InChI is InChI=1S/C21H30ClN3O3/c1-16(2)20(25-9-3-4-19(25)26)21(27)24-12-10-23(11-13-24)14-15-28-18-7-5-17(22)6-8-18/h5-8,16,20H,3-4,9-15H2,1-2H3. The molecule has 6 nitrogen and oxygen atoms in total. The van der Waals surface area contributed by atoms with E-state index in [2.05, 4.69) is 4.90 Å². The molecule has 2 fully saturated rings. The van der Waals surface area contributed by atoms with Gasteiger partial charge in [-0.1, -0.05) is 25.4 Å².